The quantitative estimate of drug-likeness (QED) is 0.810. The highest BCUT2D eigenvalue weighted by atomic mass is 16.2. The van der Waals surface area contributed by atoms with Crippen LogP contribution in [0.1, 0.15) is 38.3 Å². The van der Waals surface area contributed by atoms with Gasteiger partial charge in [-0.25, -0.2) is 4.98 Å². The Morgan fingerprint density at radius 3 is 2.85 bits per heavy atom. The molecule has 0 aromatic carbocycles. The molecule has 0 saturated carbocycles. The van der Waals surface area contributed by atoms with E-state index in [0.29, 0.717) is 30.7 Å². The number of nitrogens with one attached hydrogen (secondary N) is 1. The van der Waals surface area contributed by atoms with E-state index in [9.17, 15) is 9.59 Å². The number of piperidine rings is 3. The lowest BCUT2D eigenvalue weighted by Crippen LogP contribution is -2.67. The van der Waals surface area contributed by atoms with Gasteiger partial charge in [-0.2, -0.15) is 4.98 Å². The van der Waals surface area contributed by atoms with Crippen molar-refractivity contribution in [2.75, 3.05) is 30.3 Å². The van der Waals surface area contributed by atoms with Crippen LogP contribution in [-0.2, 0) is 9.59 Å². The summed E-state index contributed by atoms with van der Waals surface area (Å²) in [5.74, 6) is 2.09. The fourth-order valence-corrected chi connectivity index (χ4v) is 5.21. The Labute approximate surface area is 159 Å². The topological polar surface area (TPSA) is 104 Å². The number of carbonyl (C=O) groups is 2. The van der Waals surface area contributed by atoms with Crippen LogP contribution in [0.4, 0.5) is 11.8 Å². The second-order valence-corrected chi connectivity index (χ2v) is 8.15. The summed E-state index contributed by atoms with van der Waals surface area (Å²) in [4.78, 5) is 37.2. The van der Waals surface area contributed by atoms with Crippen LogP contribution in [0, 0.1) is 18.8 Å². The number of aromatic nitrogens is 2. The number of amides is 2. The molecular formula is C19H28N6O2. The van der Waals surface area contributed by atoms with Crippen LogP contribution in [0.5, 0.6) is 0 Å². The Morgan fingerprint density at radius 1 is 1.33 bits per heavy atom. The number of anilines is 2. The fourth-order valence-electron chi connectivity index (χ4n) is 5.21. The van der Waals surface area contributed by atoms with Crippen molar-refractivity contribution in [3.63, 3.8) is 0 Å². The predicted molar refractivity (Wildman–Crippen MR) is 102 cm³/mol. The van der Waals surface area contributed by atoms with E-state index in [2.05, 4.69) is 25.1 Å². The molecule has 2 amide bonds. The van der Waals surface area contributed by atoms with Crippen molar-refractivity contribution in [3.05, 3.63) is 11.8 Å². The molecule has 0 unspecified atom stereocenters. The molecule has 3 N–H and O–H groups in total. The van der Waals surface area contributed by atoms with Crippen molar-refractivity contribution in [2.24, 2.45) is 11.8 Å². The largest absolute Gasteiger partial charge is 0.368 e. The second kappa shape index (κ2) is 6.98. The number of fused-ring (bicyclic) bond motifs is 4. The second-order valence-electron chi connectivity index (χ2n) is 8.15. The molecule has 3 aliphatic rings. The minimum atomic E-state index is -0.0509. The number of nitrogens with two attached hydrogens (primary N) is 1. The lowest BCUT2D eigenvalue weighted by atomic mass is 9.72. The molecule has 3 fully saturated rings. The normalized spacial score (nSPS) is 30.1. The summed E-state index contributed by atoms with van der Waals surface area (Å²) in [6, 6.07) is 2.28. The molecule has 27 heavy (non-hydrogen) atoms. The third-order valence-electron chi connectivity index (χ3n) is 6.24. The van der Waals surface area contributed by atoms with Gasteiger partial charge in [-0.1, -0.05) is 0 Å². The van der Waals surface area contributed by atoms with E-state index < -0.39 is 0 Å². The van der Waals surface area contributed by atoms with E-state index in [0.717, 1.165) is 43.9 Å². The van der Waals surface area contributed by atoms with Crippen molar-refractivity contribution in [1.29, 1.82) is 0 Å². The van der Waals surface area contributed by atoms with Gasteiger partial charge < -0.3 is 20.9 Å². The van der Waals surface area contributed by atoms with Crippen LogP contribution in [0.3, 0.4) is 0 Å². The van der Waals surface area contributed by atoms with Gasteiger partial charge in [-0.05, 0) is 38.0 Å². The Morgan fingerprint density at radius 2 is 2.11 bits per heavy atom. The number of rotatable bonds is 3. The molecule has 4 heterocycles. The third kappa shape index (κ3) is 3.44. The van der Waals surface area contributed by atoms with E-state index in [1.807, 2.05) is 13.0 Å². The first-order valence-electron chi connectivity index (χ1n) is 9.84. The Kier molecular flexibility index (Phi) is 4.65. The summed E-state index contributed by atoms with van der Waals surface area (Å²) in [6.45, 7) is 5.67. The molecular weight excluding hydrogens is 344 g/mol. The molecule has 2 bridgehead atoms. The van der Waals surface area contributed by atoms with Crippen LogP contribution >= 0.6 is 0 Å². The molecule has 146 valence electrons. The predicted octanol–water partition coefficient (Wildman–Crippen LogP) is 0.709. The lowest BCUT2D eigenvalue weighted by molar-refractivity contribution is -0.149. The van der Waals surface area contributed by atoms with Gasteiger partial charge in [0.25, 0.3) is 0 Å². The van der Waals surface area contributed by atoms with Crippen LogP contribution in [0.15, 0.2) is 6.07 Å². The molecule has 8 heteroatoms. The van der Waals surface area contributed by atoms with Gasteiger partial charge in [0.15, 0.2) is 0 Å². The van der Waals surface area contributed by atoms with E-state index >= 15 is 0 Å². The zero-order valence-electron chi connectivity index (χ0n) is 16.0. The van der Waals surface area contributed by atoms with Gasteiger partial charge in [0.1, 0.15) is 5.82 Å². The van der Waals surface area contributed by atoms with E-state index in [-0.39, 0.29) is 23.9 Å². The van der Waals surface area contributed by atoms with Gasteiger partial charge >= 0.3 is 0 Å². The fraction of sp³-hybridized carbons (Fsp3) is 0.684. The summed E-state index contributed by atoms with van der Waals surface area (Å²) in [6.07, 6.45) is 3.71. The number of nitrogen functional groups attached to an aromatic ring is 1. The zero-order valence-corrected chi connectivity index (χ0v) is 16.0. The molecule has 4 atom stereocenters. The van der Waals surface area contributed by atoms with Gasteiger partial charge in [-0.3, -0.25) is 9.59 Å². The minimum Gasteiger partial charge on any atom is -0.368 e. The highest BCUT2D eigenvalue weighted by Crippen LogP contribution is 2.42. The molecule has 0 radical (unpaired) electrons. The maximum Gasteiger partial charge on any atom is 0.223 e. The average Bonchev–Trinajstić information content (AvgIpc) is 2.61. The first kappa shape index (κ1) is 18.0. The summed E-state index contributed by atoms with van der Waals surface area (Å²) < 4.78 is 0. The summed E-state index contributed by atoms with van der Waals surface area (Å²) in [7, 11) is 0. The summed E-state index contributed by atoms with van der Waals surface area (Å²) in [5.41, 5.74) is 6.72. The molecule has 1 aromatic heterocycles. The SMILES string of the molecule is CC(=O)NC[C@H]1[C@H]2C[C@H](CN(c3cc(C)nc(N)n3)C2)[C@@H]2CCCC(=O)N21. The first-order valence-corrected chi connectivity index (χ1v) is 9.84. The molecule has 0 aliphatic carbocycles. The lowest BCUT2D eigenvalue weighted by Gasteiger charge is -2.56. The highest BCUT2D eigenvalue weighted by Gasteiger charge is 2.49. The van der Waals surface area contributed by atoms with E-state index in [1.54, 1.807) is 0 Å². The number of nitrogens with zero attached hydrogens (tertiary/aromatic N) is 4. The average molecular weight is 372 g/mol. The molecule has 3 aliphatic heterocycles. The summed E-state index contributed by atoms with van der Waals surface area (Å²) >= 11 is 0. The van der Waals surface area contributed by atoms with Crippen molar-refractivity contribution in [3.8, 4) is 0 Å². The number of hydrogen-bond donors (Lipinski definition) is 2. The minimum absolute atomic E-state index is 0.0473. The van der Waals surface area contributed by atoms with E-state index in [1.165, 1.54) is 6.92 Å². The van der Waals surface area contributed by atoms with Crippen molar-refractivity contribution >= 4 is 23.6 Å². The number of hydrogen-bond acceptors (Lipinski definition) is 6. The maximum absolute atomic E-state index is 12.7. The number of carbonyl (C=O) groups excluding carboxylic acids is 2. The summed E-state index contributed by atoms with van der Waals surface area (Å²) in [5, 5.41) is 2.95. The smallest absolute Gasteiger partial charge is 0.223 e. The van der Waals surface area contributed by atoms with Gasteiger partial charge in [0.05, 0.1) is 6.04 Å². The highest BCUT2D eigenvalue weighted by molar-refractivity contribution is 5.78. The molecule has 8 nitrogen and oxygen atoms in total. The van der Waals surface area contributed by atoms with Crippen molar-refractivity contribution < 1.29 is 9.59 Å². The maximum atomic E-state index is 12.7. The zero-order chi connectivity index (χ0) is 19.1. The molecule has 4 rings (SSSR count). The van der Waals surface area contributed by atoms with Crippen LogP contribution in [0.2, 0.25) is 0 Å². The van der Waals surface area contributed by atoms with Crippen LogP contribution in [-0.4, -0.2) is 58.4 Å². The monoisotopic (exact) mass is 372 g/mol. The van der Waals surface area contributed by atoms with Gasteiger partial charge in [-0.15, -0.1) is 0 Å². The standard InChI is InChI=1S/C19H28N6O2/c1-11-6-17(23-19(20)22-11)24-9-13-7-14(10-24)16(8-21-12(2)26)25-15(13)4-3-5-18(25)27/h6,13-16H,3-5,7-10H2,1-2H3,(H,21,26)(H2,20,22,23)/t13-,14+,15+,16+/m1/s1. The number of aryl methyl sites for hydroxylation is 1. The Hall–Kier alpha value is -2.38. The Bertz CT molecular complexity index is 733. The van der Waals surface area contributed by atoms with Gasteiger partial charge in [0, 0.05) is 50.8 Å². The van der Waals surface area contributed by atoms with Crippen LogP contribution < -0.4 is 16.0 Å². The van der Waals surface area contributed by atoms with Crippen molar-refractivity contribution in [2.45, 2.75) is 51.6 Å². The molecule has 0 spiro atoms. The van der Waals surface area contributed by atoms with Crippen LogP contribution in [0.25, 0.3) is 0 Å². The molecule has 1 aromatic rings. The first-order chi connectivity index (χ1) is 12.9. The Balaban J connectivity index is 1.63. The third-order valence-corrected chi connectivity index (χ3v) is 6.24. The van der Waals surface area contributed by atoms with E-state index in [4.69, 9.17) is 5.73 Å². The van der Waals surface area contributed by atoms with Crippen molar-refractivity contribution in [1.82, 2.24) is 20.2 Å². The van der Waals surface area contributed by atoms with Gasteiger partial charge in [0.2, 0.25) is 17.8 Å². The molecule has 3 saturated heterocycles.